The van der Waals surface area contributed by atoms with E-state index < -0.39 is 12.0 Å². The number of rotatable bonds is 2. The SMILES string of the molecule is O=C(O)Oc1cnc(-c2cccc(F)c2)nc1. The van der Waals surface area contributed by atoms with Gasteiger partial charge in [0.2, 0.25) is 0 Å². The molecule has 0 fully saturated rings. The third kappa shape index (κ3) is 2.75. The molecule has 0 spiro atoms. The number of carboxylic acid groups (broad SMARTS) is 1. The number of carbonyl (C=O) groups is 1. The van der Waals surface area contributed by atoms with Gasteiger partial charge in [0.25, 0.3) is 0 Å². The molecule has 0 saturated carbocycles. The Morgan fingerprint density at radius 2 is 2.00 bits per heavy atom. The van der Waals surface area contributed by atoms with Crippen LogP contribution in [-0.2, 0) is 0 Å². The summed E-state index contributed by atoms with van der Waals surface area (Å²) in [6, 6.07) is 5.78. The molecule has 1 N–H and O–H groups in total. The van der Waals surface area contributed by atoms with Crippen LogP contribution in [0, 0.1) is 5.82 Å². The maximum Gasteiger partial charge on any atom is 0.511 e. The Morgan fingerprint density at radius 3 is 2.59 bits per heavy atom. The van der Waals surface area contributed by atoms with Crippen molar-refractivity contribution in [2.45, 2.75) is 0 Å². The second-order valence-corrected chi connectivity index (χ2v) is 3.12. The van der Waals surface area contributed by atoms with Crippen molar-refractivity contribution in [2.24, 2.45) is 0 Å². The van der Waals surface area contributed by atoms with E-state index in [1.165, 1.54) is 30.6 Å². The van der Waals surface area contributed by atoms with Crippen LogP contribution in [0.4, 0.5) is 9.18 Å². The van der Waals surface area contributed by atoms with Crippen LogP contribution in [0.2, 0.25) is 0 Å². The van der Waals surface area contributed by atoms with Crippen LogP contribution in [0.15, 0.2) is 36.7 Å². The number of hydrogen-bond acceptors (Lipinski definition) is 4. The Bertz CT molecular complexity index is 543. The van der Waals surface area contributed by atoms with E-state index in [0.717, 1.165) is 0 Å². The normalized spacial score (nSPS) is 9.94. The van der Waals surface area contributed by atoms with E-state index >= 15 is 0 Å². The van der Waals surface area contributed by atoms with E-state index in [1.807, 2.05) is 0 Å². The Kier molecular flexibility index (Phi) is 2.95. The molecule has 5 nitrogen and oxygen atoms in total. The zero-order chi connectivity index (χ0) is 12.3. The monoisotopic (exact) mass is 234 g/mol. The Labute approximate surface area is 95.5 Å². The van der Waals surface area contributed by atoms with Gasteiger partial charge in [-0.15, -0.1) is 0 Å². The molecule has 0 radical (unpaired) electrons. The molecule has 0 aliphatic heterocycles. The summed E-state index contributed by atoms with van der Waals surface area (Å²) in [6.07, 6.45) is 0.981. The lowest BCUT2D eigenvalue weighted by Gasteiger charge is -2.01. The highest BCUT2D eigenvalue weighted by Crippen LogP contribution is 2.17. The third-order valence-corrected chi connectivity index (χ3v) is 1.92. The van der Waals surface area contributed by atoms with Gasteiger partial charge in [-0.25, -0.2) is 19.2 Å². The molecular formula is C11H7FN2O3. The standard InChI is InChI=1S/C11H7FN2O3/c12-8-3-1-2-7(4-8)10-13-5-9(6-14-10)17-11(15)16/h1-6H,(H,15,16). The Balaban J connectivity index is 2.26. The summed E-state index contributed by atoms with van der Waals surface area (Å²) in [6.45, 7) is 0. The van der Waals surface area contributed by atoms with Crippen molar-refractivity contribution in [3.8, 4) is 17.1 Å². The molecule has 1 heterocycles. The first-order chi connectivity index (χ1) is 8.15. The molecule has 2 aromatic rings. The summed E-state index contributed by atoms with van der Waals surface area (Å²) in [7, 11) is 0. The molecule has 6 heteroatoms. The summed E-state index contributed by atoms with van der Waals surface area (Å²) in [5.41, 5.74) is 0.506. The van der Waals surface area contributed by atoms with Crippen LogP contribution in [0.5, 0.6) is 5.75 Å². The zero-order valence-corrected chi connectivity index (χ0v) is 8.50. The second kappa shape index (κ2) is 4.56. The highest BCUT2D eigenvalue weighted by atomic mass is 19.1. The topological polar surface area (TPSA) is 72.3 Å². The number of benzene rings is 1. The van der Waals surface area contributed by atoms with E-state index in [1.54, 1.807) is 6.07 Å². The molecule has 1 aromatic carbocycles. The summed E-state index contributed by atoms with van der Waals surface area (Å²) in [5, 5.41) is 8.36. The van der Waals surface area contributed by atoms with Gasteiger partial charge in [0.05, 0.1) is 12.4 Å². The summed E-state index contributed by atoms with van der Waals surface area (Å²) in [5.74, 6) is -0.0862. The molecule has 0 bridgehead atoms. The molecular weight excluding hydrogens is 227 g/mol. The lowest BCUT2D eigenvalue weighted by atomic mass is 10.2. The first-order valence-corrected chi connectivity index (χ1v) is 4.64. The summed E-state index contributed by atoms with van der Waals surface area (Å²) >= 11 is 0. The van der Waals surface area contributed by atoms with E-state index in [-0.39, 0.29) is 5.75 Å². The van der Waals surface area contributed by atoms with Gasteiger partial charge in [-0.05, 0) is 12.1 Å². The van der Waals surface area contributed by atoms with Gasteiger partial charge in [0.15, 0.2) is 11.6 Å². The maximum atomic E-state index is 12.9. The molecule has 17 heavy (non-hydrogen) atoms. The minimum atomic E-state index is -1.44. The van der Waals surface area contributed by atoms with Gasteiger partial charge in [-0.3, -0.25) is 0 Å². The minimum Gasteiger partial charge on any atom is -0.449 e. The lowest BCUT2D eigenvalue weighted by molar-refractivity contribution is 0.144. The fraction of sp³-hybridized carbons (Fsp3) is 0. The van der Waals surface area contributed by atoms with E-state index in [9.17, 15) is 9.18 Å². The van der Waals surface area contributed by atoms with Crippen molar-refractivity contribution >= 4 is 6.16 Å². The molecule has 0 atom stereocenters. The maximum absolute atomic E-state index is 12.9. The number of hydrogen-bond donors (Lipinski definition) is 1. The van der Waals surface area contributed by atoms with Gasteiger partial charge in [0, 0.05) is 5.56 Å². The van der Waals surface area contributed by atoms with E-state index in [2.05, 4.69) is 14.7 Å². The number of halogens is 1. The molecule has 2 rings (SSSR count). The predicted molar refractivity (Wildman–Crippen MR) is 56.1 cm³/mol. The van der Waals surface area contributed by atoms with Crippen molar-refractivity contribution in [3.63, 3.8) is 0 Å². The van der Waals surface area contributed by atoms with Gasteiger partial charge in [-0.2, -0.15) is 0 Å². The second-order valence-electron chi connectivity index (χ2n) is 3.12. The smallest absolute Gasteiger partial charge is 0.449 e. The van der Waals surface area contributed by atoms with Crippen molar-refractivity contribution in [2.75, 3.05) is 0 Å². The average Bonchev–Trinajstić information content (AvgIpc) is 2.29. The van der Waals surface area contributed by atoms with Crippen LogP contribution in [0.25, 0.3) is 11.4 Å². The fourth-order valence-corrected chi connectivity index (χ4v) is 1.25. The number of aromatic nitrogens is 2. The quantitative estimate of drug-likeness (QED) is 0.807. The van der Waals surface area contributed by atoms with Gasteiger partial charge in [-0.1, -0.05) is 12.1 Å². The van der Waals surface area contributed by atoms with Crippen LogP contribution in [0.3, 0.4) is 0 Å². The van der Waals surface area contributed by atoms with Crippen LogP contribution < -0.4 is 4.74 Å². The van der Waals surface area contributed by atoms with Crippen molar-refractivity contribution in [1.29, 1.82) is 0 Å². The summed E-state index contributed by atoms with van der Waals surface area (Å²) < 4.78 is 17.3. The fourth-order valence-electron chi connectivity index (χ4n) is 1.25. The van der Waals surface area contributed by atoms with Crippen molar-refractivity contribution in [1.82, 2.24) is 9.97 Å². The third-order valence-electron chi connectivity index (χ3n) is 1.92. The highest BCUT2D eigenvalue weighted by Gasteiger charge is 2.05. The Hall–Kier alpha value is -2.50. The molecule has 86 valence electrons. The molecule has 0 aliphatic carbocycles. The van der Waals surface area contributed by atoms with E-state index in [4.69, 9.17) is 5.11 Å². The first-order valence-electron chi connectivity index (χ1n) is 4.64. The van der Waals surface area contributed by atoms with Crippen LogP contribution >= 0.6 is 0 Å². The first kappa shape index (κ1) is 11.0. The highest BCUT2D eigenvalue weighted by molar-refractivity contribution is 5.61. The number of nitrogens with zero attached hydrogens (tertiary/aromatic N) is 2. The minimum absolute atomic E-state index is 0.0117. The Morgan fingerprint density at radius 1 is 1.29 bits per heavy atom. The summed E-state index contributed by atoms with van der Waals surface area (Å²) in [4.78, 5) is 18.0. The van der Waals surface area contributed by atoms with Gasteiger partial charge >= 0.3 is 6.16 Å². The molecule has 0 aliphatic rings. The van der Waals surface area contributed by atoms with Crippen LogP contribution in [0.1, 0.15) is 0 Å². The largest absolute Gasteiger partial charge is 0.511 e. The van der Waals surface area contributed by atoms with Crippen molar-refractivity contribution < 1.29 is 19.0 Å². The van der Waals surface area contributed by atoms with Gasteiger partial charge in [0.1, 0.15) is 5.82 Å². The zero-order valence-electron chi connectivity index (χ0n) is 8.50. The van der Waals surface area contributed by atoms with Gasteiger partial charge < -0.3 is 9.84 Å². The molecule has 0 saturated heterocycles. The molecule has 0 unspecified atom stereocenters. The number of ether oxygens (including phenoxy) is 1. The molecule has 0 amide bonds. The molecule has 1 aromatic heterocycles. The average molecular weight is 234 g/mol. The predicted octanol–water partition coefficient (Wildman–Crippen LogP) is 2.34. The lowest BCUT2D eigenvalue weighted by Crippen LogP contribution is -2.03. The van der Waals surface area contributed by atoms with E-state index in [0.29, 0.717) is 11.4 Å². The van der Waals surface area contributed by atoms with Crippen molar-refractivity contribution in [3.05, 3.63) is 42.5 Å². The van der Waals surface area contributed by atoms with Crippen LogP contribution in [-0.4, -0.2) is 21.2 Å².